The molecule has 0 bridgehead atoms. The molecule has 0 saturated carbocycles. The van der Waals surface area contributed by atoms with Crippen LogP contribution in [0.15, 0.2) is 29.4 Å². The van der Waals surface area contributed by atoms with Crippen LogP contribution in [0.5, 0.6) is 5.75 Å². The number of hydrazone groups is 1. The number of carbonyl (C=O) groups is 3. The highest BCUT2D eigenvalue weighted by Crippen LogP contribution is 2.12. The summed E-state index contributed by atoms with van der Waals surface area (Å²) in [6, 6.07) is 4.54. The molecule has 4 N–H and O–H groups in total. The van der Waals surface area contributed by atoms with Crippen LogP contribution in [0, 0.1) is 0 Å². The molecule has 10 heteroatoms. The highest BCUT2D eigenvalue weighted by molar-refractivity contribution is 7.98. The molecule has 0 aromatic heterocycles. The highest BCUT2D eigenvalue weighted by Gasteiger charge is 2.28. The molecular weight excluding hydrogens is 432 g/mol. The van der Waals surface area contributed by atoms with Crippen molar-refractivity contribution in [1.29, 1.82) is 0 Å². The Morgan fingerprint density at radius 3 is 2.22 bits per heavy atom. The molecule has 32 heavy (non-hydrogen) atoms. The number of phenols is 1. The quantitative estimate of drug-likeness (QED) is 0.310. The number of carbonyl (C=O) groups excluding carboxylic acids is 3. The first kappa shape index (κ1) is 27.3. The van der Waals surface area contributed by atoms with E-state index in [4.69, 9.17) is 4.74 Å². The van der Waals surface area contributed by atoms with Crippen LogP contribution in [-0.4, -0.2) is 58.4 Å². The second-order valence-electron chi connectivity index (χ2n) is 8.45. The van der Waals surface area contributed by atoms with Gasteiger partial charge in [-0.1, -0.05) is 12.1 Å². The number of amides is 3. The number of ether oxygens (including phenoxy) is 1. The smallest absolute Gasteiger partial charge is 0.408 e. The molecule has 0 fully saturated rings. The normalized spacial score (nSPS) is 12.8. The summed E-state index contributed by atoms with van der Waals surface area (Å²) in [5.74, 6) is -0.264. The number of rotatable bonds is 10. The summed E-state index contributed by atoms with van der Waals surface area (Å²) in [5, 5.41) is 18.7. The summed E-state index contributed by atoms with van der Waals surface area (Å²) in [7, 11) is 0. The SMILES string of the molecule is CSCCC(NC(=O)OC(C)(C)C)C(=O)NC(Cc1ccc(O)cc1)C(=O)NN=C(C)C. The fourth-order valence-corrected chi connectivity index (χ4v) is 3.02. The molecule has 1 aromatic rings. The predicted molar refractivity (Wildman–Crippen MR) is 127 cm³/mol. The van der Waals surface area contributed by atoms with Gasteiger partial charge in [-0.2, -0.15) is 16.9 Å². The summed E-state index contributed by atoms with van der Waals surface area (Å²) in [4.78, 5) is 37.9. The maximum Gasteiger partial charge on any atom is 0.408 e. The van der Waals surface area contributed by atoms with Gasteiger partial charge in [0.25, 0.3) is 5.91 Å². The van der Waals surface area contributed by atoms with Crippen molar-refractivity contribution in [2.45, 2.75) is 65.1 Å². The van der Waals surface area contributed by atoms with Crippen LogP contribution in [0.2, 0.25) is 0 Å². The molecule has 178 valence electrons. The molecule has 0 saturated heterocycles. The van der Waals surface area contributed by atoms with Crippen molar-refractivity contribution in [1.82, 2.24) is 16.1 Å². The molecule has 9 nitrogen and oxygen atoms in total. The third kappa shape index (κ3) is 11.0. The largest absolute Gasteiger partial charge is 0.508 e. The van der Waals surface area contributed by atoms with E-state index in [0.717, 1.165) is 5.56 Å². The fraction of sp³-hybridized carbons (Fsp3) is 0.545. The van der Waals surface area contributed by atoms with Gasteiger partial charge in [-0.05, 0) is 70.7 Å². The first-order valence-electron chi connectivity index (χ1n) is 10.3. The van der Waals surface area contributed by atoms with Gasteiger partial charge in [0.2, 0.25) is 5.91 Å². The van der Waals surface area contributed by atoms with Gasteiger partial charge in [0.1, 0.15) is 23.4 Å². The van der Waals surface area contributed by atoms with Crippen LogP contribution < -0.4 is 16.1 Å². The van der Waals surface area contributed by atoms with Crippen LogP contribution in [-0.2, 0) is 20.7 Å². The van der Waals surface area contributed by atoms with Gasteiger partial charge < -0.3 is 20.5 Å². The van der Waals surface area contributed by atoms with Crippen molar-refractivity contribution in [3.63, 3.8) is 0 Å². The lowest BCUT2D eigenvalue weighted by molar-refractivity contribution is -0.130. The van der Waals surface area contributed by atoms with E-state index in [9.17, 15) is 19.5 Å². The minimum atomic E-state index is -0.938. The van der Waals surface area contributed by atoms with E-state index in [1.807, 2.05) is 6.26 Å². The number of hydrogen-bond donors (Lipinski definition) is 4. The maximum absolute atomic E-state index is 13.0. The number of nitrogens with zero attached hydrogens (tertiary/aromatic N) is 1. The van der Waals surface area contributed by atoms with Gasteiger partial charge >= 0.3 is 6.09 Å². The molecule has 0 aliphatic rings. The molecule has 3 amide bonds. The number of alkyl carbamates (subject to hydrolysis) is 1. The zero-order chi connectivity index (χ0) is 24.3. The van der Waals surface area contributed by atoms with Crippen LogP contribution in [0.25, 0.3) is 0 Å². The molecule has 0 aliphatic heterocycles. The van der Waals surface area contributed by atoms with Gasteiger partial charge in [-0.25, -0.2) is 10.2 Å². The predicted octanol–water partition coefficient (Wildman–Crippen LogP) is 2.58. The lowest BCUT2D eigenvalue weighted by Gasteiger charge is -2.25. The molecule has 2 atom stereocenters. The van der Waals surface area contributed by atoms with E-state index in [2.05, 4.69) is 21.2 Å². The summed E-state index contributed by atoms with van der Waals surface area (Å²) in [6.45, 7) is 8.67. The van der Waals surface area contributed by atoms with E-state index in [0.29, 0.717) is 17.9 Å². The lowest BCUT2D eigenvalue weighted by atomic mass is 10.0. The Morgan fingerprint density at radius 2 is 1.69 bits per heavy atom. The molecule has 0 spiro atoms. The average molecular weight is 467 g/mol. The van der Waals surface area contributed by atoms with Crippen LogP contribution in [0.3, 0.4) is 0 Å². The minimum Gasteiger partial charge on any atom is -0.508 e. The lowest BCUT2D eigenvalue weighted by Crippen LogP contribution is -2.54. The number of thioether (sulfide) groups is 1. The van der Waals surface area contributed by atoms with Crippen molar-refractivity contribution in [2.24, 2.45) is 5.10 Å². The number of phenolic OH excluding ortho intramolecular Hbond substituents is 1. The standard InChI is InChI=1S/C22H34N4O5S/c1-14(2)25-26-20(29)18(13-15-7-9-16(27)10-8-15)23-19(28)17(11-12-32-6)24-21(30)31-22(3,4)5/h7-10,17-18,27H,11-13H2,1-6H3,(H,23,28)(H,24,30)(H,26,29). The monoisotopic (exact) mass is 466 g/mol. The molecule has 0 heterocycles. The molecule has 1 rings (SSSR count). The van der Waals surface area contributed by atoms with Gasteiger partial charge in [0.05, 0.1) is 0 Å². The molecule has 1 aromatic carbocycles. The third-order valence-electron chi connectivity index (χ3n) is 4.02. The van der Waals surface area contributed by atoms with E-state index < -0.39 is 35.6 Å². The zero-order valence-electron chi connectivity index (χ0n) is 19.5. The van der Waals surface area contributed by atoms with Gasteiger partial charge in [0, 0.05) is 12.1 Å². The van der Waals surface area contributed by atoms with Gasteiger partial charge in [-0.15, -0.1) is 0 Å². The van der Waals surface area contributed by atoms with Crippen LogP contribution in [0.1, 0.15) is 46.6 Å². The fourth-order valence-electron chi connectivity index (χ4n) is 2.55. The van der Waals surface area contributed by atoms with E-state index in [-0.39, 0.29) is 12.2 Å². The Labute approximate surface area is 193 Å². The number of hydrogen-bond acceptors (Lipinski definition) is 7. The Bertz CT molecular complexity index is 802. The summed E-state index contributed by atoms with van der Waals surface area (Å²) in [6.07, 6.45) is 1.74. The number of nitrogens with one attached hydrogen (secondary N) is 3. The van der Waals surface area contributed by atoms with Crippen LogP contribution >= 0.6 is 11.8 Å². The Kier molecular flexibility index (Phi) is 11.0. The van der Waals surface area contributed by atoms with Gasteiger partial charge in [-0.3, -0.25) is 9.59 Å². The van der Waals surface area contributed by atoms with Crippen molar-refractivity contribution in [2.75, 3.05) is 12.0 Å². The second-order valence-corrected chi connectivity index (χ2v) is 9.43. The van der Waals surface area contributed by atoms with E-state index >= 15 is 0 Å². The average Bonchev–Trinajstić information content (AvgIpc) is 2.68. The van der Waals surface area contributed by atoms with Crippen molar-refractivity contribution >= 4 is 35.4 Å². The number of aromatic hydroxyl groups is 1. The topological polar surface area (TPSA) is 129 Å². The summed E-state index contributed by atoms with van der Waals surface area (Å²) < 4.78 is 5.26. The number of benzene rings is 1. The third-order valence-corrected chi connectivity index (χ3v) is 4.66. The highest BCUT2D eigenvalue weighted by atomic mass is 32.2. The minimum absolute atomic E-state index is 0.101. The van der Waals surface area contributed by atoms with Crippen molar-refractivity contribution in [3.8, 4) is 5.75 Å². The molecular formula is C22H34N4O5S. The van der Waals surface area contributed by atoms with Gasteiger partial charge in [0.15, 0.2) is 0 Å². The zero-order valence-corrected chi connectivity index (χ0v) is 20.3. The molecule has 0 aliphatic carbocycles. The first-order chi connectivity index (χ1) is 14.9. The molecule has 2 unspecified atom stereocenters. The maximum atomic E-state index is 13.0. The van der Waals surface area contributed by atoms with Crippen molar-refractivity contribution < 1.29 is 24.2 Å². The van der Waals surface area contributed by atoms with E-state index in [1.165, 1.54) is 23.9 Å². The van der Waals surface area contributed by atoms with E-state index in [1.54, 1.807) is 46.8 Å². The summed E-state index contributed by atoms with van der Waals surface area (Å²) in [5.41, 5.74) is 3.12. The second kappa shape index (κ2) is 12.9. The van der Waals surface area contributed by atoms with Crippen molar-refractivity contribution in [3.05, 3.63) is 29.8 Å². The Hall–Kier alpha value is -2.75. The first-order valence-corrected chi connectivity index (χ1v) is 11.7. The molecule has 0 radical (unpaired) electrons. The Morgan fingerprint density at radius 1 is 1.06 bits per heavy atom. The Balaban J connectivity index is 3.00. The summed E-state index contributed by atoms with van der Waals surface area (Å²) >= 11 is 1.54. The van der Waals surface area contributed by atoms with Crippen LogP contribution in [0.4, 0.5) is 4.79 Å².